The molecular formula is C46H50N16O5. The number of rotatable bonds is 8. The van der Waals surface area contributed by atoms with Crippen molar-refractivity contribution in [2.75, 3.05) is 50.7 Å². The van der Waals surface area contributed by atoms with Gasteiger partial charge in [0.1, 0.15) is 24.8 Å². The van der Waals surface area contributed by atoms with Gasteiger partial charge in [-0.25, -0.2) is 19.6 Å². The number of carbonyl (C=O) groups excluding carboxylic acids is 3. The third-order valence-electron chi connectivity index (χ3n) is 11.7. The minimum absolute atomic E-state index is 0.103. The van der Waals surface area contributed by atoms with Gasteiger partial charge < -0.3 is 41.0 Å². The molecule has 2 atom stereocenters. The maximum absolute atomic E-state index is 12.8. The molecule has 3 amide bonds. The Kier molecular flexibility index (Phi) is 12.5. The molecule has 67 heavy (non-hydrogen) atoms. The molecule has 2 unspecified atom stereocenters. The Morgan fingerprint density at radius 3 is 1.67 bits per heavy atom. The Bertz CT molecular complexity index is 3040. The number of fused-ring (bicyclic) bond motifs is 2. The van der Waals surface area contributed by atoms with Crippen LogP contribution in [0.25, 0.3) is 33.5 Å². The van der Waals surface area contributed by atoms with Crippen molar-refractivity contribution in [1.29, 1.82) is 0 Å². The van der Waals surface area contributed by atoms with Crippen molar-refractivity contribution in [3.05, 3.63) is 132 Å². The van der Waals surface area contributed by atoms with Crippen molar-refractivity contribution in [3.8, 4) is 22.3 Å². The number of benzene rings is 2. The maximum atomic E-state index is 12.8. The highest BCUT2D eigenvalue weighted by Gasteiger charge is 2.35. The van der Waals surface area contributed by atoms with Crippen LogP contribution in [0.2, 0.25) is 0 Å². The van der Waals surface area contributed by atoms with E-state index in [-0.39, 0.29) is 37.8 Å². The van der Waals surface area contributed by atoms with Gasteiger partial charge in [-0.2, -0.15) is 29.4 Å². The molecule has 2 fully saturated rings. The van der Waals surface area contributed by atoms with E-state index in [0.29, 0.717) is 61.3 Å². The Morgan fingerprint density at radius 1 is 0.657 bits per heavy atom. The fourth-order valence-corrected chi connectivity index (χ4v) is 8.20. The van der Waals surface area contributed by atoms with E-state index in [1.807, 2.05) is 87.2 Å². The average molecular weight is 907 g/mol. The SMILES string of the molecule is CC(=O)N1CCN(C(=O)OCc2ccccc2)CC1c1cc(N)n2ncc(-c3cnn(C)c3)c2n1.Cn1cc(-c2cnn3c(N)cc(C4CN(C(=O)OCc5ccccc5)CCN4)nc23)cn1. The van der Waals surface area contributed by atoms with E-state index >= 15 is 0 Å². The van der Waals surface area contributed by atoms with Gasteiger partial charge in [-0.3, -0.25) is 14.2 Å². The first-order valence-electron chi connectivity index (χ1n) is 21.7. The number of anilines is 2. The molecule has 2 aromatic carbocycles. The van der Waals surface area contributed by atoms with E-state index < -0.39 is 12.1 Å². The minimum atomic E-state index is -0.477. The molecule has 0 saturated carbocycles. The number of nitrogens with two attached hydrogens (primary N) is 2. The molecule has 21 heteroatoms. The van der Waals surface area contributed by atoms with E-state index in [4.69, 9.17) is 30.9 Å². The fraction of sp³-hybridized carbons (Fsp3) is 0.283. The lowest BCUT2D eigenvalue weighted by molar-refractivity contribution is -0.133. The molecule has 0 aliphatic carbocycles. The summed E-state index contributed by atoms with van der Waals surface area (Å²) in [6, 6.07) is 22.0. The highest BCUT2D eigenvalue weighted by molar-refractivity contribution is 5.79. The van der Waals surface area contributed by atoms with Crippen LogP contribution < -0.4 is 16.8 Å². The molecule has 21 nitrogen and oxygen atoms in total. The molecule has 344 valence electrons. The Labute approximate surface area is 384 Å². The molecule has 10 rings (SSSR count). The van der Waals surface area contributed by atoms with Gasteiger partial charge in [-0.15, -0.1) is 0 Å². The van der Waals surface area contributed by atoms with Gasteiger partial charge in [0.25, 0.3) is 0 Å². The van der Waals surface area contributed by atoms with Crippen LogP contribution in [0.5, 0.6) is 0 Å². The molecule has 2 aliphatic heterocycles. The van der Waals surface area contributed by atoms with Crippen LogP contribution in [0.15, 0.2) is 110 Å². The second-order valence-corrected chi connectivity index (χ2v) is 16.3. The van der Waals surface area contributed by atoms with E-state index in [2.05, 4.69) is 25.7 Å². The van der Waals surface area contributed by atoms with Crippen LogP contribution in [0.3, 0.4) is 0 Å². The van der Waals surface area contributed by atoms with E-state index in [1.165, 1.54) is 6.92 Å². The molecule has 0 radical (unpaired) electrons. The summed E-state index contributed by atoms with van der Waals surface area (Å²) in [6.07, 6.45) is 9.93. The monoisotopic (exact) mass is 906 g/mol. The first-order valence-corrected chi connectivity index (χ1v) is 21.7. The number of nitrogens with one attached hydrogen (secondary N) is 1. The Balaban J connectivity index is 0.000000169. The second-order valence-electron chi connectivity index (χ2n) is 16.3. The number of hydrogen-bond acceptors (Lipinski definition) is 14. The van der Waals surface area contributed by atoms with Crippen LogP contribution in [-0.2, 0) is 41.6 Å². The molecule has 2 aliphatic rings. The predicted octanol–water partition coefficient (Wildman–Crippen LogP) is 4.25. The van der Waals surface area contributed by atoms with Gasteiger partial charge in [-0.1, -0.05) is 60.7 Å². The minimum Gasteiger partial charge on any atom is -0.445 e. The number of nitrogen functional groups attached to an aromatic ring is 2. The lowest BCUT2D eigenvalue weighted by Crippen LogP contribution is -2.52. The first kappa shape index (κ1) is 43.9. The van der Waals surface area contributed by atoms with Crippen molar-refractivity contribution in [2.45, 2.75) is 32.2 Å². The summed E-state index contributed by atoms with van der Waals surface area (Å²) in [5, 5.41) is 20.6. The lowest BCUT2D eigenvalue weighted by Gasteiger charge is -2.40. The van der Waals surface area contributed by atoms with Gasteiger partial charge in [0, 0.05) is 101 Å². The Morgan fingerprint density at radius 2 is 1.16 bits per heavy atom. The Hall–Kier alpha value is -8.33. The maximum Gasteiger partial charge on any atom is 0.410 e. The number of aryl methyl sites for hydroxylation is 2. The third-order valence-corrected chi connectivity index (χ3v) is 11.7. The number of carbonyl (C=O) groups is 3. The van der Waals surface area contributed by atoms with Crippen molar-refractivity contribution >= 4 is 41.0 Å². The van der Waals surface area contributed by atoms with Gasteiger partial charge in [0.15, 0.2) is 11.3 Å². The average Bonchev–Trinajstić information content (AvgIpc) is 4.18. The number of amides is 3. The largest absolute Gasteiger partial charge is 0.445 e. The quantitative estimate of drug-likeness (QED) is 0.193. The molecule has 0 bridgehead atoms. The summed E-state index contributed by atoms with van der Waals surface area (Å²) in [5.41, 5.74) is 20.4. The van der Waals surface area contributed by atoms with Crippen LogP contribution in [0.1, 0.15) is 41.5 Å². The van der Waals surface area contributed by atoms with Gasteiger partial charge in [-0.05, 0) is 11.1 Å². The van der Waals surface area contributed by atoms with Crippen LogP contribution >= 0.6 is 0 Å². The summed E-state index contributed by atoms with van der Waals surface area (Å²) in [5.74, 6) is 0.756. The zero-order chi connectivity index (χ0) is 46.6. The van der Waals surface area contributed by atoms with Gasteiger partial charge >= 0.3 is 12.2 Å². The molecule has 0 spiro atoms. The van der Waals surface area contributed by atoms with E-state index in [1.54, 1.807) is 70.0 Å². The smallest absolute Gasteiger partial charge is 0.410 e. The number of piperazine rings is 2. The normalized spacial score (nSPS) is 16.2. The van der Waals surface area contributed by atoms with E-state index in [9.17, 15) is 14.4 Å². The van der Waals surface area contributed by atoms with Crippen LogP contribution in [0, 0.1) is 0 Å². The number of aromatic nitrogens is 10. The zero-order valence-corrected chi connectivity index (χ0v) is 37.2. The number of ether oxygens (including phenoxy) is 2. The summed E-state index contributed by atoms with van der Waals surface area (Å²) in [6.45, 7) is 4.55. The van der Waals surface area contributed by atoms with Crippen molar-refractivity contribution in [1.82, 2.24) is 68.8 Å². The summed E-state index contributed by atoms with van der Waals surface area (Å²) in [4.78, 5) is 52.6. The number of nitrogens with zero attached hydrogens (tertiary/aromatic N) is 13. The third kappa shape index (κ3) is 9.57. The van der Waals surface area contributed by atoms with Gasteiger partial charge in [0.05, 0.1) is 54.8 Å². The van der Waals surface area contributed by atoms with E-state index in [0.717, 1.165) is 39.1 Å². The molecule has 8 heterocycles. The van der Waals surface area contributed by atoms with Crippen molar-refractivity contribution < 1.29 is 23.9 Å². The first-order chi connectivity index (χ1) is 32.5. The highest BCUT2D eigenvalue weighted by atomic mass is 16.6. The summed E-state index contributed by atoms with van der Waals surface area (Å²) in [7, 11) is 3.69. The second kappa shape index (κ2) is 19.0. The van der Waals surface area contributed by atoms with Crippen molar-refractivity contribution in [3.63, 3.8) is 0 Å². The zero-order valence-electron chi connectivity index (χ0n) is 37.2. The molecule has 8 aromatic rings. The topological polar surface area (TPSA) is 239 Å². The summed E-state index contributed by atoms with van der Waals surface area (Å²) < 4.78 is 17.6. The predicted molar refractivity (Wildman–Crippen MR) is 246 cm³/mol. The van der Waals surface area contributed by atoms with Crippen LogP contribution in [0.4, 0.5) is 21.2 Å². The molecular weight excluding hydrogens is 857 g/mol. The molecule has 5 N–H and O–H groups in total. The lowest BCUT2D eigenvalue weighted by atomic mass is 10.1. The molecule has 6 aromatic heterocycles. The van der Waals surface area contributed by atoms with Crippen LogP contribution in [-0.4, -0.2) is 121 Å². The molecule has 2 saturated heterocycles. The fourth-order valence-electron chi connectivity index (χ4n) is 8.20. The summed E-state index contributed by atoms with van der Waals surface area (Å²) >= 11 is 0. The van der Waals surface area contributed by atoms with Crippen molar-refractivity contribution in [2.24, 2.45) is 14.1 Å². The number of hydrogen-bond donors (Lipinski definition) is 3. The standard InChI is InChI=1S/C24H26N8O3.C22H24N8O2/c1-16(33)31-9-8-30(24(34)35-15-17-6-4-3-5-7-17)14-21(31)20-10-22(25)32-23(28-20)19(12-27-32)18-11-26-29(2)13-18;1-28-12-16(10-25-28)17-11-26-30-20(23)9-18(27-21(17)30)19-13-29(8-7-24-19)22(31)32-14-15-5-3-2-4-6-15/h3-7,10-13,21H,8-9,14-15,25H2,1-2H3;2-6,9-12,19,24H,7-8,13-14,23H2,1H3. The van der Waals surface area contributed by atoms with Gasteiger partial charge in [0.2, 0.25) is 5.91 Å². The highest BCUT2D eigenvalue weighted by Crippen LogP contribution is 2.31.